The van der Waals surface area contributed by atoms with Gasteiger partial charge in [0.2, 0.25) is 0 Å². The van der Waals surface area contributed by atoms with Crippen molar-refractivity contribution in [3.8, 4) is 0 Å². The van der Waals surface area contributed by atoms with Crippen LogP contribution in [0.5, 0.6) is 0 Å². The molecular formula is C18H25N3O3. The number of rotatable bonds is 2. The lowest BCUT2D eigenvalue weighted by atomic mass is 9.96. The van der Waals surface area contributed by atoms with Crippen LogP contribution in [0.1, 0.15) is 33.6 Å². The topological polar surface area (TPSA) is 82.9 Å². The lowest BCUT2D eigenvalue weighted by Crippen LogP contribution is -2.54. The van der Waals surface area contributed by atoms with Crippen molar-refractivity contribution in [2.45, 2.75) is 45.2 Å². The van der Waals surface area contributed by atoms with Gasteiger partial charge in [-0.3, -0.25) is 0 Å². The average Bonchev–Trinajstić information content (AvgIpc) is 2.93. The molecule has 0 radical (unpaired) electrons. The Kier molecular flexibility index (Phi) is 4.07. The van der Waals surface area contributed by atoms with Gasteiger partial charge >= 0.3 is 6.09 Å². The Morgan fingerprint density at radius 3 is 2.58 bits per heavy atom. The molecule has 6 nitrogen and oxygen atoms in total. The fraction of sp³-hybridized carbons (Fsp3) is 0.500. The van der Waals surface area contributed by atoms with Crippen molar-refractivity contribution in [2.24, 2.45) is 0 Å². The van der Waals surface area contributed by atoms with Crippen LogP contribution in [0.15, 0.2) is 28.9 Å². The highest BCUT2D eigenvalue weighted by Gasteiger charge is 2.35. The summed E-state index contributed by atoms with van der Waals surface area (Å²) in [6.07, 6.45) is 2.41. The first-order valence-electron chi connectivity index (χ1n) is 8.31. The third kappa shape index (κ3) is 3.00. The molecule has 0 bridgehead atoms. The summed E-state index contributed by atoms with van der Waals surface area (Å²) in [7, 11) is 0. The number of carboxylic acid groups (broad SMARTS) is 1. The Morgan fingerprint density at radius 2 is 2.00 bits per heavy atom. The van der Waals surface area contributed by atoms with Gasteiger partial charge in [-0.15, -0.1) is 0 Å². The summed E-state index contributed by atoms with van der Waals surface area (Å²) in [5.41, 5.74) is 8.15. The summed E-state index contributed by atoms with van der Waals surface area (Å²) in [4.78, 5) is 15.5. The van der Waals surface area contributed by atoms with Gasteiger partial charge in [0.25, 0.3) is 0 Å². The third-order valence-electron chi connectivity index (χ3n) is 4.65. The summed E-state index contributed by atoms with van der Waals surface area (Å²) in [5, 5.41) is 10.6. The van der Waals surface area contributed by atoms with Gasteiger partial charge in [0.15, 0.2) is 5.58 Å². The van der Waals surface area contributed by atoms with Crippen molar-refractivity contribution in [1.82, 2.24) is 4.90 Å². The van der Waals surface area contributed by atoms with Gasteiger partial charge in [-0.2, -0.15) is 0 Å². The second-order valence-corrected chi connectivity index (χ2v) is 7.42. The minimum absolute atomic E-state index is 0.0342. The molecule has 0 saturated carbocycles. The maximum absolute atomic E-state index is 11.7. The minimum Gasteiger partial charge on any atom is -0.465 e. The number of carbonyl (C=O) groups is 1. The molecule has 1 aromatic heterocycles. The Balaban J connectivity index is 1.79. The molecule has 0 aliphatic carbocycles. The van der Waals surface area contributed by atoms with Crippen LogP contribution < -0.4 is 10.6 Å². The van der Waals surface area contributed by atoms with E-state index in [4.69, 9.17) is 10.2 Å². The zero-order chi connectivity index (χ0) is 17.5. The highest BCUT2D eigenvalue weighted by Crippen LogP contribution is 2.34. The van der Waals surface area contributed by atoms with E-state index in [9.17, 15) is 9.90 Å². The lowest BCUT2D eigenvalue weighted by molar-refractivity contribution is 0.0616. The number of hydrogen-bond donors (Lipinski definition) is 2. The quantitative estimate of drug-likeness (QED) is 0.819. The van der Waals surface area contributed by atoms with Crippen LogP contribution in [0, 0.1) is 0 Å². The van der Waals surface area contributed by atoms with Crippen molar-refractivity contribution in [2.75, 3.05) is 23.7 Å². The molecule has 1 aliphatic heterocycles. The molecule has 24 heavy (non-hydrogen) atoms. The predicted octanol–water partition coefficient (Wildman–Crippen LogP) is 3.76. The van der Waals surface area contributed by atoms with Crippen LogP contribution in [0.25, 0.3) is 11.0 Å². The molecule has 130 valence electrons. The Morgan fingerprint density at radius 1 is 1.33 bits per heavy atom. The standard InChI is InChI=1S/C18H25N3O3/c1-18(2,3)21(17(22)23)14-4-7-20(8-5-14)15-11-13(19)10-12-6-9-24-16(12)15/h6,9-11,14H,4-5,7-8,19H2,1-3H3,(H,22,23). The maximum Gasteiger partial charge on any atom is 0.407 e. The van der Waals surface area contributed by atoms with Gasteiger partial charge in [-0.05, 0) is 51.8 Å². The van der Waals surface area contributed by atoms with Gasteiger partial charge < -0.3 is 25.1 Å². The minimum atomic E-state index is -0.849. The second kappa shape index (κ2) is 5.92. The molecular weight excluding hydrogens is 306 g/mol. The number of hydrogen-bond acceptors (Lipinski definition) is 4. The number of nitrogens with two attached hydrogens (primary N) is 1. The van der Waals surface area contributed by atoms with E-state index in [1.165, 1.54) is 0 Å². The fourth-order valence-electron chi connectivity index (χ4n) is 3.68. The molecule has 1 fully saturated rings. The number of nitrogens with zero attached hydrogens (tertiary/aromatic N) is 2. The first-order chi connectivity index (χ1) is 11.3. The normalized spacial score (nSPS) is 16.5. The highest BCUT2D eigenvalue weighted by molar-refractivity contribution is 5.92. The van der Waals surface area contributed by atoms with Gasteiger partial charge in [0.1, 0.15) is 0 Å². The first-order valence-corrected chi connectivity index (χ1v) is 8.31. The number of furan rings is 1. The molecule has 2 aromatic rings. The third-order valence-corrected chi connectivity index (χ3v) is 4.65. The molecule has 0 unspecified atom stereocenters. The van der Waals surface area contributed by atoms with Gasteiger partial charge in [-0.1, -0.05) is 0 Å². The molecule has 3 rings (SSSR count). The molecule has 1 amide bonds. The zero-order valence-electron chi connectivity index (χ0n) is 14.5. The number of benzene rings is 1. The van der Waals surface area contributed by atoms with E-state index in [0.29, 0.717) is 5.69 Å². The Hall–Kier alpha value is -2.37. The lowest BCUT2D eigenvalue weighted by Gasteiger charge is -2.44. The van der Waals surface area contributed by atoms with E-state index in [1.54, 1.807) is 11.2 Å². The maximum atomic E-state index is 11.7. The Bertz CT molecular complexity index is 740. The van der Waals surface area contributed by atoms with E-state index in [-0.39, 0.29) is 6.04 Å². The molecule has 0 spiro atoms. The number of piperidine rings is 1. The van der Waals surface area contributed by atoms with Crippen LogP contribution in [0.3, 0.4) is 0 Å². The van der Waals surface area contributed by atoms with E-state index in [0.717, 1.165) is 42.6 Å². The van der Waals surface area contributed by atoms with E-state index in [1.807, 2.05) is 39.0 Å². The van der Waals surface area contributed by atoms with Crippen molar-refractivity contribution in [3.05, 3.63) is 24.5 Å². The monoisotopic (exact) mass is 331 g/mol. The largest absolute Gasteiger partial charge is 0.465 e. The molecule has 6 heteroatoms. The molecule has 1 aromatic carbocycles. The summed E-state index contributed by atoms with van der Waals surface area (Å²) in [6.45, 7) is 7.39. The van der Waals surface area contributed by atoms with Crippen LogP contribution in [0.2, 0.25) is 0 Å². The van der Waals surface area contributed by atoms with Crippen molar-refractivity contribution in [1.29, 1.82) is 0 Å². The Labute approximate surface area is 141 Å². The zero-order valence-corrected chi connectivity index (χ0v) is 14.5. The summed E-state index contributed by atoms with van der Waals surface area (Å²) >= 11 is 0. The van der Waals surface area contributed by atoms with E-state index < -0.39 is 11.6 Å². The fourth-order valence-corrected chi connectivity index (χ4v) is 3.68. The molecule has 2 heterocycles. The summed E-state index contributed by atoms with van der Waals surface area (Å²) in [5.74, 6) is 0. The van der Waals surface area contributed by atoms with Crippen molar-refractivity contribution in [3.63, 3.8) is 0 Å². The molecule has 1 saturated heterocycles. The van der Waals surface area contributed by atoms with Crippen molar-refractivity contribution >= 4 is 28.4 Å². The molecule has 3 N–H and O–H groups in total. The summed E-state index contributed by atoms with van der Waals surface area (Å²) < 4.78 is 5.62. The van der Waals surface area contributed by atoms with E-state index >= 15 is 0 Å². The highest BCUT2D eigenvalue weighted by atomic mass is 16.4. The molecule has 1 aliphatic rings. The van der Waals surface area contributed by atoms with Gasteiger partial charge in [-0.25, -0.2) is 4.79 Å². The predicted molar refractivity (Wildman–Crippen MR) is 95.5 cm³/mol. The SMILES string of the molecule is CC(C)(C)N(C(=O)O)C1CCN(c2cc(N)cc3ccoc23)CC1. The van der Waals surface area contributed by atoms with Crippen LogP contribution in [-0.4, -0.2) is 40.8 Å². The van der Waals surface area contributed by atoms with Gasteiger partial charge in [0.05, 0.1) is 12.0 Å². The van der Waals surface area contributed by atoms with E-state index in [2.05, 4.69) is 4.90 Å². The van der Waals surface area contributed by atoms with Crippen LogP contribution in [0.4, 0.5) is 16.2 Å². The van der Waals surface area contributed by atoms with Gasteiger partial charge in [0, 0.05) is 35.7 Å². The van der Waals surface area contributed by atoms with Crippen molar-refractivity contribution < 1.29 is 14.3 Å². The average molecular weight is 331 g/mol. The summed E-state index contributed by atoms with van der Waals surface area (Å²) in [6, 6.07) is 5.78. The number of nitrogen functional groups attached to an aromatic ring is 1. The second-order valence-electron chi connectivity index (χ2n) is 7.42. The number of fused-ring (bicyclic) bond motifs is 1. The number of amides is 1. The first kappa shape index (κ1) is 16.5. The molecule has 0 atom stereocenters. The van der Waals surface area contributed by atoms with Crippen LogP contribution >= 0.6 is 0 Å². The van der Waals surface area contributed by atoms with Crippen LogP contribution in [-0.2, 0) is 0 Å². The number of anilines is 2. The smallest absolute Gasteiger partial charge is 0.407 e.